The second-order valence-electron chi connectivity index (χ2n) is 3.59. The van der Waals surface area contributed by atoms with Crippen LogP contribution < -0.4 is 10.0 Å². The molecule has 1 rings (SSSR count). The van der Waals surface area contributed by atoms with Crippen LogP contribution in [0.1, 0.15) is 19.5 Å². The minimum absolute atomic E-state index is 0.0478. The first-order chi connectivity index (χ1) is 6.91. The smallest absolute Gasteiger partial charge is 0.284 e. The van der Waals surface area contributed by atoms with E-state index < -0.39 is 4.92 Å². The molecule has 0 fully saturated rings. The van der Waals surface area contributed by atoms with Gasteiger partial charge in [0.05, 0.1) is 17.0 Å². The first kappa shape index (κ1) is 11.2. The van der Waals surface area contributed by atoms with Crippen molar-refractivity contribution >= 4 is 11.5 Å². The molecule has 6 heteroatoms. The zero-order chi connectivity index (χ0) is 11.6. The molecule has 0 atom stereocenters. The van der Waals surface area contributed by atoms with Crippen molar-refractivity contribution in [3.63, 3.8) is 0 Å². The van der Waals surface area contributed by atoms with Gasteiger partial charge in [0, 0.05) is 0 Å². The van der Waals surface area contributed by atoms with Gasteiger partial charge in [-0.3, -0.25) is 15.4 Å². The molecule has 82 valence electrons. The molecule has 1 aromatic heterocycles. The Kier molecular flexibility index (Phi) is 3.08. The maximum Gasteiger partial charge on any atom is 0.284 e. The number of anilines is 1. The number of pyridine rings is 1. The van der Waals surface area contributed by atoms with Gasteiger partial charge in [0.1, 0.15) is 11.8 Å². The van der Waals surface area contributed by atoms with Crippen molar-refractivity contribution in [1.82, 2.24) is 0 Å². The summed E-state index contributed by atoms with van der Waals surface area (Å²) in [6.45, 7) is 5.24. The molecule has 0 spiro atoms. The fourth-order valence-electron chi connectivity index (χ4n) is 1.20. The van der Waals surface area contributed by atoms with E-state index in [2.05, 4.69) is 5.32 Å². The molecule has 0 amide bonds. The summed E-state index contributed by atoms with van der Waals surface area (Å²) >= 11 is 0. The van der Waals surface area contributed by atoms with Gasteiger partial charge in [0.2, 0.25) is 0 Å². The van der Waals surface area contributed by atoms with Gasteiger partial charge in [0.15, 0.2) is 0 Å². The summed E-state index contributed by atoms with van der Waals surface area (Å²) in [5.41, 5.74) is 0.218. The van der Waals surface area contributed by atoms with E-state index in [4.69, 9.17) is 0 Å². The quantitative estimate of drug-likeness (QED) is 0.354. The summed E-state index contributed by atoms with van der Waals surface area (Å²) < 4.78 is 0.646. The number of hydrogen-bond acceptors (Lipinski definition) is 4. The maximum absolute atomic E-state index is 11.5. The van der Waals surface area contributed by atoms with Gasteiger partial charge in [-0.25, -0.2) is 4.73 Å². The van der Waals surface area contributed by atoms with Crippen LogP contribution in [0.4, 0.5) is 11.5 Å². The van der Waals surface area contributed by atoms with Crippen LogP contribution in [-0.2, 0) is 0 Å². The van der Waals surface area contributed by atoms with E-state index >= 15 is 0 Å². The Hall–Kier alpha value is -1.85. The maximum atomic E-state index is 11.5. The van der Waals surface area contributed by atoms with E-state index in [-0.39, 0.29) is 17.5 Å². The summed E-state index contributed by atoms with van der Waals surface area (Å²) in [6.07, 6.45) is 0. The van der Waals surface area contributed by atoms with E-state index in [1.54, 1.807) is 0 Å². The van der Waals surface area contributed by atoms with E-state index in [1.807, 2.05) is 13.8 Å². The van der Waals surface area contributed by atoms with Crippen molar-refractivity contribution in [2.45, 2.75) is 26.8 Å². The molecule has 0 aliphatic carbocycles. The number of nitrogens with one attached hydrogen (secondary N) is 1. The van der Waals surface area contributed by atoms with E-state index in [0.717, 1.165) is 0 Å². The molecule has 0 aliphatic rings. The Morgan fingerprint density at radius 2 is 2.07 bits per heavy atom. The lowest BCUT2D eigenvalue weighted by atomic mass is 10.3. The lowest BCUT2D eigenvalue weighted by molar-refractivity contribution is -0.598. The average molecular weight is 211 g/mol. The molecule has 0 radical (unpaired) electrons. The normalized spacial score (nSPS) is 10.4. The highest BCUT2D eigenvalue weighted by Gasteiger charge is 2.16. The number of hydrogen-bond donors (Lipinski definition) is 1. The Morgan fingerprint density at radius 3 is 2.53 bits per heavy atom. The number of aryl methyl sites for hydroxylation is 1. The predicted molar refractivity (Wildman–Crippen MR) is 55.6 cm³/mol. The van der Waals surface area contributed by atoms with Crippen molar-refractivity contribution in [2.24, 2.45) is 0 Å². The highest BCUT2D eigenvalue weighted by atomic mass is 16.6. The summed E-state index contributed by atoms with van der Waals surface area (Å²) in [5.74, 6) is 0.205. The first-order valence-corrected chi connectivity index (χ1v) is 4.57. The van der Waals surface area contributed by atoms with Crippen molar-refractivity contribution in [1.29, 1.82) is 0 Å². The van der Waals surface area contributed by atoms with Crippen LogP contribution in [-0.4, -0.2) is 11.0 Å². The molecule has 1 heterocycles. The largest absolute Gasteiger partial charge is 0.710 e. The van der Waals surface area contributed by atoms with Crippen LogP contribution in [0.2, 0.25) is 0 Å². The zero-order valence-electron chi connectivity index (χ0n) is 8.85. The highest BCUT2D eigenvalue weighted by molar-refractivity contribution is 5.42. The molecule has 0 saturated carbocycles. The molecule has 1 aromatic rings. The Balaban J connectivity index is 3.19. The van der Waals surface area contributed by atoms with Gasteiger partial charge in [-0.05, 0) is 20.8 Å². The van der Waals surface area contributed by atoms with Crippen molar-refractivity contribution in [2.75, 3.05) is 5.32 Å². The van der Waals surface area contributed by atoms with Crippen LogP contribution in [0.5, 0.6) is 0 Å². The fraction of sp³-hybridized carbons (Fsp3) is 0.444. The average Bonchev–Trinajstić information content (AvgIpc) is 2.11. The van der Waals surface area contributed by atoms with E-state index in [0.29, 0.717) is 10.4 Å². The molecule has 15 heavy (non-hydrogen) atoms. The second-order valence-corrected chi connectivity index (χ2v) is 3.59. The number of aromatic nitrogens is 1. The number of nitro groups is 1. The number of rotatable bonds is 3. The SMILES string of the molecule is Cc1cc([N+](=O)[O-])cc(NC(C)C)[n+]1[O-]. The lowest BCUT2D eigenvalue weighted by Gasteiger charge is -2.12. The molecule has 6 nitrogen and oxygen atoms in total. The predicted octanol–water partition coefficient (Wildman–Crippen LogP) is 1.36. The van der Waals surface area contributed by atoms with Crippen LogP contribution in [0.15, 0.2) is 12.1 Å². The zero-order valence-corrected chi connectivity index (χ0v) is 8.85. The van der Waals surface area contributed by atoms with Gasteiger partial charge in [-0.1, -0.05) is 0 Å². The molecular formula is C9H13N3O3. The van der Waals surface area contributed by atoms with Crippen LogP contribution in [0.3, 0.4) is 0 Å². The van der Waals surface area contributed by atoms with Crippen molar-refractivity contribution in [3.8, 4) is 0 Å². The van der Waals surface area contributed by atoms with E-state index in [9.17, 15) is 15.3 Å². The second kappa shape index (κ2) is 4.12. The summed E-state index contributed by atoms with van der Waals surface area (Å²) in [5, 5.41) is 24.9. The molecule has 0 bridgehead atoms. The third kappa shape index (κ3) is 2.55. The molecule has 0 saturated heterocycles. The van der Waals surface area contributed by atoms with Gasteiger partial charge in [0.25, 0.3) is 11.5 Å². The minimum atomic E-state index is -0.515. The fourth-order valence-corrected chi connectivity index (χ4v) is 1.20. The van der Waals surface area contributed by atoms with E-state index in [1.165, 1.54) is 19.1 Å². The molecule has 0 aliphatic heterocycles. The molecule has 0 aromatic carbocycles. The highest BCUT2D eigenvalue weighted by Crippen LogP contribution is 2.15. The molecule has 1 N–H and O–H groups in total. The lowest BCUT2D eigenvalue weighted by Crippen LogP contribution is -2.35. The van der Waals surface area contributed by atoms with Crippen LogP contribution in [0.25, 0.3) is 0 Å². The minimum Gasteiger partial charge on any atom is -0.710 e. The van der Waals surface area contributed by atoms with Crippen LogP contribution >= 0.6 is 0 Å². The van der Waals surface area contributed by atoms with Gasteiger partial charge in [-0.2, -0.15) is 0 Å². The van der Waals surface area contributed by atoms with Gasteiger partial charge in [-0.15, -0.1) is 0 Å². The van der Waals surface area contributed by atoms with Gasteiger partial charge >= 0.3 is 0 Å². The monoisotopic (exact) mass is 211 g/mol. The van der Waals surface area contributed by atoms with Crippen LogP contribution in [0, 0.1) is 22.2 Å². The Labute approximate surface area is 87.3 Å². The topological polar surface area (TPSA) is 82.1 Å². The van der Waals surface area contributed by atoms with Gasteiger partial charge < -0.3 is 5.21 Å². The first-order valence-electron chi connectivity index (χ1n) is 4.57. The summed E-state index contributed by atoms with van der Waals surface area (Å²) in [4.78, 5) is 10.1. The van der Waals surface area contributed by atoms with Crippen molar-refractivity contribution in [3.05, 3.63) is 33.1 Å². The van der Waals surface area contributed by atoms with Crippen molar-refractivity contribution < 1.29 is 9.65 Å². The molecule has 0 unspecified atom stereocenters. The number of nitrogens with zero attached hydrogens (tertiary/aromatic N) is 2. The summed E-state index contributed by atoms with van der Waals surface area (Å²) in [6, 6.07) is 2.53. The Bertz CT molecular complexity index is 390. The Morgan fingerprint density at radius 1 is 1.47 bits per heavy atom. The third-order valence-electron chi connectivity index (χ3n) is 1.83. The standard InChI is InChI=1S/C9H13N3O3/c1-6(2)10-9-5-8(12(14)15)4-7(3)11(9)13/h4-6,10H,1-3H3. The third-order valence-corrected chi connectivity index (χ3v) is 1.83. The molecular weight excluding hydrogens is 198 g/mol. The summed E-state index contributed by atoms with van der Waals surface area (Å²) in [7, 11) is 0.